The molecule has 1 aromatic carbocycles. The average molecular weight is 405 g/mol. The molecule has 0 N–H and O–H groups in total. The summed E-state index contributed by atoms with van der Waals surface area (Å²) < 4.78 is 8.86. The predicted molar refractivity (Wildman–Crippen MR) is 109 cm³/mol. The van der Waals surface area contributed by atoms with Crippen LogP contribution in [0.25, 0.3) is 11.3 Å². The minimum atomic E-state index is -0.390. The van der Waals surface area contributed by atoms with Crippen LogP contribution in [-0.2, 0) is 10.5 Å². The van der Waals surface area contributed by atoms with Crippen LogP contribution in [0.15, 0.2) is 60.0 Å². The standard InChI is InChI=1S/C21H19N5O2S/c1-28-20(27)17-8-5-11-25-12-15(22-19(17)25)13-29-21-24-23-18(14-9-10-14)26(21)16-6-3-2-4-7-16/h2-8,11-12,14H,9-10,13H2,1H3. The Hall–Kier alpha value is -3.13. The van der Waals surface area contributed by atoms with Gasteiger partial charge in [0.05, 0.1) is 12.8 Å². The fourth-order valence-electron chi connectivity index (χ4n) is 3.34. The Morgan fingerprint density at radius 2 is 2.00 bits per heavy atom. The molecule has 1 aliphatic carbocycles. The average Bonchev–Trinajstić information content (AvgIpc) is 3.37. The van der Waals surface area contributed by atoms with E-state index < -0.39 is 5.97 Å². The summed E-state index contributed by atoms with van der Waals surface area (Å²) in [4.78, 5) is 16.6. The predicted octanol–water partition coefficient (Wildman–Crippen LogP) is 3.87. The lowest BCUT2D eigenvalue weighted by Gasteiger charge is -2.09. The summed E-state index contributed by atoms with van der Waals surface area (Å²) in [7, 11) is 1.37. The second-order valence-corrected chi connectivity index (χ2v) is 7.89. The van der Waals surface area contributed by atoms with Crippen molar-refractivity contribution in [3.8, 4) is 5.69 Å². The van der Waals surface area contributed by atoms with Gasteiger partial charge in [-0.15, -0.1) is 10.2 Å². The maximum atomic E-state index is 12.0. The van der Waals surface area contributed by atoms with Crippen LogP contribution in [0.5, 0.6) is 0 Å². The zero-order valence-electron chi connectivity index (χ0n) is 15.9. The molecule has 3 heterocycles. The quantitative estimate of drug-likeness (QED) is 0.358. The highest BCUT2D eigenvalue weighted by Gasteiger charge is 2.31. The van der Waals surface area contributed by atoms with Gasteiger partial charge < -0.3 is 9.14 Å². The Morgan fingerprint density at radius 1 is 1.17 bits per heavy atom. The van der Waals surface area contributed by atoms with Crippen molar-refractivity contribution in [2.45, 2.75) is 29.7 Å². The Labute approximate surface area is 171 Å². The largest absolute Gasteiger partial charge is 0.465 e. The lowest BCUT2D eigenvalue weighted by Crippen LogP contribution is -2.03. The lowest BCUT2D eigenvalue weighted by atomic mass is 10.3. The number of hydrogen-bond acceptors (Lipinski definition) is 6. The number of hydrogen-bond donors (Lipinski definition) is 0. The van der Waals surface area contributed by atoms with Crippen LogP contribution < -0.4 is 0 Å². The zero-order chi connectivity index (χ0) is 19.8. The van der Waals surface area contributed by atoms with Crippen molar-refractivity contribution in [3.05, 3.63) is 71.9 Å². The highest BCUT2D eigenvalue weighted by Crippen LogP contribution is 2.41. The summed E-state index contributed by atoms with van der Waals surface area (Å²) in [6.45, 7) is 0. The van der Waals surface area contributed by atoms with Crippen LogP contribution in [0, 0.1) is 0 Å². The van der Waals surface area contributed by atoms with Gasteiger partial charge in [0, 0.05) is 29.8 Å². The van der Waals surface area contributed by atoms with E-state index in [9.17, 15) is 4.79 Å². The van der Waals surface area contributed by atoms with Crippen LogP contribution >= 0.6 is 11.8 Å². The van der Waals surface area contributed by atoms with E-state index in [1.54, 1.807) is 17.8 Å². The molecule has 8 heteroatoms. The highest BCUT2D eigenvalue weighted by molar-refractivity contribution is 7.98. The van der Waals surface area contributed by atoms with Gasteiger partial charge in [-0.1, -0.05) is 30.0 Å². The van der Waals surface area contributed by atoms with E-state index in [1.165, 1.54) is 20.0 Å². The number of pyridine rings is 1. The molecule has 0 amide bonds. The third kappa shape index (κ3) is 3.40. The minimum Gasteiger partial charge on any atom is -0.465 e. The molecule has 0 radical (unpaired) electrons. The van der Waals surface area contributed by atoms with E-state index in [4.69, 9.17) is 4.74 Å². The molecule has 29 heavy (non-hydrogen) atoms. The first kappa shape index (κ1) is 17.9. The maximum absolute atomic E-state index is 12.0. The third-order valence-electron chi connectivity index (χ3n) is 4.90. The highest BCUT2D eigenvalue weighted by atomic mass is 32.2. The van der Waals surface area contributed by atoms with E-state index in [0.29, 0.717) is 22.9 Å². The maximum Gasteiger partial charge on any atom is 0.341 e. The molecule has 1 aliphatic rings. The molecule has 0 unspecified atom stereocenters. The number of carbonyl (C=O) groups is 1. The third-order valence-corrected chi connectivity index (χ3v) is 5.86. The molecule has 0 spiro atoms. The van der Waals surface area contributed by atoms with Crippen molar-refractivity contribution >= 4 is 23.4 Å². The molecule has 3 aromatic heterocycles. The van der Waals surface area contributed by atoms with Gasteiger partial charge in [0.2, 0.25) is 0 Å². The second-order valence-electron chi connectivity index (χ2n) is 6.95. The SMILES string of the molecule is COC(=O)c1cccn2cc(CSc3nnc(C4CC4)n3-c3ccccc3)nc12. The number of fused-ring (bicyclic) bond motifs is 1. The first-order valence-corrected chi connectivity index (χ1v) is 10.4. The molecule has 0 atom stereocenters. The topological polar surface area (TPSA) is 74.3 Å². The van der Waals surface area contributed by atoms with E-state index >= 15 is 0 Å². The number of ether oxygens (including phenoxy) is 1. The van der Waals surface area contributed by atoms with Gasteiger partial charge in [0.25, 0.3) is 0 Å². The Balaban J connectivity index is 1.44. The molecule has 146 valence electrons. The molecular formula is C21H19N5O2S. The smallest absolute Gasteiger partial charge is 0.341 e. The molecule has 1 fully saturated rings. The summed E-state index contributed by atoms with van der Waals surface area (Å²) in [6.07, 6.45) is 6.14. The number of benzene rings is 1. The number of carbonyl (C=O) groups excluding carboxylic acids is 1. The zero-order valence-corrected chi connectivity index (χ0v) is 16.7. The van der Waals surface area contributed by atoms with Gasteiger partial charge >= 0.3 is 5.97 Å². The summed E-state index contributed by atoms with van der Waals surface area (Å²) in [5.41, 5.74) is 2.99. The molecule has 0 bridgehead atoms. The molecule has 1 saturated carbocycles. The van der Waals surface area contributed by atoms with E-state index in [2.05, 4.69) is 31.9 Å². The van der Waals surface area contributed by atoms with Crippen molar-refractivity contribution in [2.75, 3.05) is 7.11 Å². The number of aromatic nitrogens is 5. The number of nitrogens with zero attached hydrogens (tertiary/aromatic N) is 5. The van der Waals surface area contributed by atoms with Crippen LogP contribution in [0.1, 0.15) is 40.6 Å². The number of para-hydroxylation sites is 1. The van der Waals surface area contributed by atoms with Gasteiger partial charge in [0.15, 0.2) is 10.8 Å². The number of thioether (sulfide) groups is 1. The van der Waals surface area contributed by atoms with Crippen molar-refractivity contribution < 1.29 is 9.53 Å². The van der Waals surface area contributed by atoms with E-state index in [0.717, 1.165) is 22.4 Å². The van der Waals surface area contributed by atoms with Gasteiger partial charge in [0.1, 0.15) is 11.4 Å². The van der Waals surface area contributed by atoms with Gasteiger partial charge in [-0.05, 0) is 37.1 Å². The lowest BCUT2D eigenvalue weighted by molar-refractivity contribution is 0.0602. The molecule has 0 aliphatic heterocycles. The summed E-state index contributed by atoms with van der Waals surface area (Å²) >= 11 is 1.59. The molecule has 0 saturated heterocycles. The summed E-state index contributed by atoms with van der Waals surface area (Å²) in [5.74, 6) is 1.76. The van der Waals surface area contributed by atoms with E-state index in [1.807, 2.05) is 41.1 Å². The van der Waals surface area contributed by atoms with Crippen molar-refractivity contribution in [3.63, 3.8) is 0 Å². The minimum absolute atomic E-state index is 0.390. The van der Waals surface area contributed by atoms with Crippen LogP contribution in [0.4, 0.5) is 0 Å². The fraction of sp³-hybridized carbons (Fsp3) is 0.238. The Bertz CT molecular complexity index is 1180. The van der Waals surface area contributed by atoms with Crippen molar-refractivity contribution in [1.82, 2.24) is 24.1 Å². The van der Waals surface area contributed by atoms with Crippen LogP contribution in [0.3, 0.4) is 0 Å². The van der Waals surface area contributed by atoms with Gasteiger partial charge in [-0.3, -0.25) is 4.57 Å². The van der Waals surface area contributed by atoms with Crippen LogP contribution in [-0.4, -0.2) is 37.2 Å². The number of methoxy groups -OCH3 is 1. The Kier molecular flexibility index (Phi) is 4.55. The van der Waals surface area contributed by atoms with E-state index in [-0.39, 0.29) is 0 Å². The summed E-state index contributed by atoms with van der Waals surface area (Å²) in [6, 6.07) is 13.7. The van der Waals surface area contributed by atoms with Crippen molar-refractivity contribution in [1.29, 1.82) is 0 Å². The fourth-order valence-corrected chi connectivity index (χ4v) is 4.18. The van der Waals surface area contributed by atoms with Gasteiger partial charge in [-0.25, -0.2) is 9.78 Å². The normalized spacial score (nSPS) is 13.7. The van der Waals surface area contributed by atoms with Crippen LogP contribution in [0.2, 0.25) is 0 Å². The summed E-state index contributed by atoms with van der Waals surface area (Å²) in [5, 5.41) is 9.76. The number of imidazole rings is 1. The first-order valence-electron chi connectivity index (χ1n) is 9.43. The molecule has 5 rings (SSSR count). The molecule has 7 nitrogen and oxygen atoms in total. The number of esters is 1. The first-order chi connectivity index (χ1) is 14.2. The number of rotatable bonds is 6. The second kappa shape index (κ2) is 7.36. The van der Waals surface area contributed by atoms with Gasteiger partial charge in [-0.2, -0.15) is 0 Å². The monoisotopic (exact) mass is 405 g/mol. The molecular weight excluding hydrogens is 386 g/mol. The van der Waals surface area contributed by atoms with Crippen molar-refractivity contribution in [2.24, 2.45) is 0 Å². The molecule has 4 aromatic rings. The Morgan fingerprint density at radius 3 is 2.76 bits per heavy atom.